The molecule has 0 saturated heterocycles. The number of para-hydroxylation sites is 2. The molecule has 80 valence electrons. The average molecular weight is 214 g/mol. The van der Waals surface area contributed by atoms with Crippen molar-refractivity contribution in [1.82, 2.24) is 9.97 Å². The number of fused-ring (bicyclic) bond motifs is 2. The van der Waals surface area contributed by atoms with Crippen LogP contribution in [0.3, 0.4) is 0 Å². The molecule has 2 N–H and O–H groups in total. The van der Waals surface area contributed by atoms with Crippen LogP contribution in [0.4, 0.5) is 0 Å². The van der Waals surface area contributed by atoms with E-state index in [1.165, 1.54) is 6.08 Å². The van der Waals surface area contributed by atoms with Gasteiger partial charge in [0.05, 0.1) is 22.4 Å². The van der Waals surface area contributed by atoms with Crippen LogP contribution in [0.1, 0.15) is 11.4 Å². The fraction of sp³-hybridized carbons (Fsp3) is 0.167. The molecule has 1 aromatic heterocycles. The van der Waals surface area contributed by atoms with Gasteiger partial charge in [-0.05, 0) is 12.1 Å². The summed E-state index contributed by atoms with van der Waals surface area (Å²) in [6, 6.07) is 7.55. The van der Waals surface area contributed by atoms with Gasteiger partial charge in [0, 0.05) is 12.5 Å². The highest BCUT2D eigenvalue weighted by molar-refractivity contribution is 5.76. The highest BCUT2D eigenvalue weighted by Gasteiger charge is 2.21. The molecule has 0 amide bonds. The van der Waals surface area contributed by atoms with Crippen LogP contribution in [0.15, 0.2) is 30.0 Å². The second kappa shape index (κ2) is 3.28. The second-order valence-electron chi connectivity index (χ2n) is 3.83. The normalized spacial score (nSPS) is 19.3. The second-order valence-corrected chi connectivity index (χ2v) is 3.83. The van der Waals surface area contributed by atoms with Crippen molar-refractivity contribution in [2.75, 3.05) is 0 Å². The SMILES string of the molecule is OC1=Cc2nc3ccccc3nc2CC1O. The Labute approximate surface area is 91.9 Å². The lowest BCUT2D eigenvalue weighted by atomic mass is 10.0. The van der Waals surface area contributed by atoms with E-state index in [1.807, 2.05) is 24.3 Å². The minimum absolute atomic E-state index is 0.0444. The maximum atomic E-state index is 9.51. The van der Waals surface area contributed by atoms with Gasteiger partial charge in [-0.3, -0.25) is 0 Å². The number of hydrogen-bond acceptors (Lipinski definition) is 4. The third kappa shape index (κ3) is 1.35. The lowest BCUT2D eigenvalue weighted by Crippen LogP contribution is -2.19. The molecule has 1 aliphatic carbocycles. The predicted molar refractivity (Wildman–Crippen MR) is 59.9 cm³/mol. The van der Waals surface area contributed by atoms with Crippen molar-refractivity contribution in [2.24, 2.45) is 0 Å². The van der Waals surface area contributed by atoms with Gasteiger partial charge in [-0.15, -0.1) is 0 Å². The number of aliphatic hydroxyl groups excluding tert-OH is 2. The summed E-state index contributed by atoms with van der Waals surface area (Å²) in [6.07, 6.45) is 0.932. The Bertz CT molecular complexity index is 593. The standard InChI is InChI=1S/C12H10N2O2/c15-11-5-9-10(6-12(11)16)14-8-4-2-1-3-7(8)13-9/h1-5,12,15-16H,6H2. The number of aromatic nitrogens is 2. The molecule has 16 heavy (non-hydrogen) atoms. The Kier molecular flexibility index (Phi) is 1.91. The summed E-state index contributed by atoms with van der Waals surface area (Å²) in [5, 5.41) is 19.0. The van der Waals surface area contributed by atoms with E-state index in [-0.39, 0.29) is 5.76 Å². The van der Waals surface area contributed by atoms with Crippen molar-refractivity contribution in [2.45, 2.75) is 12.5 Å². The Morgan fingerprint density at radius 3 is 2.56 bits per heavy atom. The third-order valence-electron chi connectivity index (χ3n) is 2.69. The van der Waals surface area contributed by atoms with Gasteiger partial charge >= 0.3 is 0 Å². The van der Waals surface area contributed by atoms with Crippen LogP contribution < -0.4 is 0 Å². The minimum Gasteiger partial charge on any atom is -0.509 e. The van der Waals surface area contributed by atoms with Gasteiger partial charge < -0.3 is 10.2 Å². The minimum atomic E-state index is -0.858. The fourth-order valence-electron chi connectivity index (χ4n) is 1.84. The maximum Gasteiger partial charge on any atom is 0.123 e. The first-order valence-electron chi connectivity index (χ1n) is 5.08. The van der Waals surface area contributed by atoms with Crippen molar-refractivity contribution in [3.63, 3.8) is 0 Å². The lowest BCUT2D eigenvalue weighted by Gasteiger charge is -2.16. The summed E-state index contributed by atoms with van der Waals surface area (Å²) >= 11 is 0. The van der Waals surface area contributed by atoms with Crippen LogP contribution in [0.25, 0.3) is 17.1 Å². The van der Waals surface area contributed by atoms with E-state index in [2.05, 4.69) is 9.97 Å². The first-order valence-corrected chi connectivity index (χ1v) is 5.08. The van der Waals surface area contributed by atoms with Crippen LogP contribution in [0, 0.1) is 0 Å². The van der Waals surface area contributed by atoms with E-state index >= 15 is 0 Å². The summed E-state index contributed by atoms with van der Waals surface area (Å²) in [5.74, 6) is -0.0444. The number of aliphatic hydroxyl groups is 2. The monoisotopic (exact) mass is 214 g/mol. The molecular weight excluding hydrogens is 204 g/mol. The van der Waals surface area contributed by atoms with E-state index in [0.29, 0.717) is 12.1 Å². The molecule has 1 heterocycles. The Balaban J connectivity index is 2.26. The van der Waals surface area contributed by atoms with Crippen molar-refractivity contribution >= 4 is 17.1 Å². The van der Waals surface area contributed by atoms with E-state index in [1.54, 1.807) is 0 Å². The number of hydrogen-bond donors (Lipinski definition) is 2. The maximum absolute atomic E-state index is 9.51. The van der Waals surface area contributed by atoms with Crippen molar-refractivity contribution in [3.05, 3.63) is 41.4 Å². The molecular formula is C12H10N2O2. The molecule has 0 radical (unpaired) electrons. The van der Waals surface area contributed by atoms with Gasteiger partial charge in [-0.1, -0.05) is 12.1 Å². The predicted octanol–water partition coefficient (Wildman–Crippen LogP) is 1.45. The summed E-state index contributed by atoms with van der Waals surface area (Å²) < 4.78 is 0. The van der Waals surface area contributed by atoms with Gasteiger partial charge in [0.1, 0.15) is 11.9 Å². The summed E-state index contributed by atoms with van der Waals surface area (Å²) in [6.45, 7) is 0. The van der Waals surface area contributed by atoms with Gasteiger partial charge in [-0.25, -0.2) is 9.97 Å². The van der Waals surface area contributed by atoms with E-state index in [4.69, 9.17) is 0 Å². The van der Waals surface area contributed by atoms with Crippen molar-refractivity contribution in [1.29, 1.82) is 0 Å². The van der Waals surface area contributed by atoms with Crippen LogP contribution in [0.5, 0.6) is 0 Å². The molecule has 2 aromatic rings. The molecule has 0 bridgehead atoms. The zero-order chi connectivity index (χ0) is 11.1. The molecule has 0 saturated carbocycles. The first kappa shape index (κ1) is 9.30. The summed E-state index contributed by atoms with van der Waals surface area (Å²) in [5.41, 5.74) is 2.97. The highest BCUT2D eigenvalue weighted by Crippen LogP contribution is 2.22. The number of rotatable bonds is 0. The van der Waals surface area contributed by atoms with Gasteiger partial charge in [0.2, 0.25) is 0 Å². The van der Waals surface area contributed by atoms with E-state index < -0.39 is 6.10 Å². The summed E-state index contributed by atoms with van der Waals surface area (Å²) in [7, 11) is 0. The quantitative estimate of drug-likeness (QED) is 0.696. The molecule has 0 aliphatic heterocycles. The topological polar surface area (TPSA) is 66.2 Å². The largest absolute Gasteiger partial charge is 0.509 e. The molecule has 0 fully saturated rings. The molecule has 4 nitrogen and oxygen atoms in total. The molecule has 4 heteroatoms. The third-order valence-corrected chi connectivity index (χ3v) is 2.69. The van der Waals surface area contributed by atoms with Crippen LogP contribution in [0.2, 0.25) is 0 Å². The molecule has 1 aliphatic rings. The Morgan fingerprint density at radius 2 is 1.81 bits per heavy atom. The van der Waals surface area contributed by atoms with Crippen molar-refractivity contribution < 1.29 is 10.2 Å². The molecule has 1 atom stereocenters. The summed E-state index contributed by atoms with van der Waals surface area (Å²) in [4.78, 5) is 8.81. The zero-order valence-corrected chi connectivity index (χ0v) is 8.46. The van der Waals surface area contributed by atoms with Crippen LogP contribution in [-0.4, -0.2) is 26.3 Å². The van der Waals surface area contributed by atoms with Gasteiger partial charge in [-0.2, -0.15) is 0 Å². The van der Waals surface area contributed by atoms with E-state index in [0.717, 1.165) is 16.7 Å². The van der Waals surface area contributed by atoms with Gasteiger partial charge in [0.25, 0.3) is 0 Å². The zero-order valence-electron chi connectivity index (χ0n) is 8.46. The molecule has 3 rings (SSSR count). The average Bonchev–Trinajstić information content (AvgIpc) is 2.28. The van der Waals surface area contributed by atoms with Gasteiger partial charge in [0.15, 0.2) is 0 Å². The first-order chi connectivity index (χ1) is 7.74. The van der Waals surface area contributed by atoms with Crippen molar-refractivity contribution in [3.8, 4) is 0 Å². The smallest absolute Gasteiger partial charge is 0.123 e. The highest BCUT2D eigenvalue weighted by atomic mass is 16.3. The van der Waals surface area contributed by atoms with E-state index in [9.17, 15) is 10.2 Å². The molecule has 1 unspecified atom stereocenters. The lowest BCUT2D eigenvalue weighted by molar-refractivity contribution is 0.152. The van der Waals surface area contributed by atoms with Crippen LogP contribution >= 0.6 is 0 Å². The number of nitrogens with zero attached hydrogens (tertiary/aromatic N) is 2. The Hall–Kier alpha value is -1.94. The molecule has 0 spiro atoms. The Morgan fingerprint density at radius 1 is 1.12 bits per heavy atom. The van der Waals surface area contributed by atoms with Crippen LogP contribution in [-0.2, 0) is 6.42 Å². The fourth-order valence-corrected chi connectivity index (χ4v) is 1.84. The molecule has 1 aromatic carbocycles. The number of benzene rings is 1.